The topological polar surface area (TPSA) is 149 Å². The highest BCUT2D eigenvalue weighted by atomic mass is 16.5. The maximum atomic E-state index is 13.2. The summed E-state index contributed by atoms with van der Waals surface area (Å²) in [5.41, 5.74) is 3.57. The van der Waals surface area contributed by atoms with Gasteiger partial charge in [0.05, 0.1) is 42.4 Å². The molecule has 4 aromatic rings. The first-order chi connectivity index (χ1) is 27.5. The van der Waals surface area contributed by atoms with Gasteiger partial charge in [-0.1, -0.05) is 19.3 Å². The minimum Gasteiger partial charge on any atom is -0.496 e. The number of rotatable bonds is 14. The lowest BCUT2D eigenvalue weighted by Gasteiger charge is -2.57. The zero-order valence-electron chi connectivity index (χ0n) is 33.0. The number of piperidine rings is 1. The van der Waals surface area contributed by atoms with E-state index in [1.165, 1.54) is 32.1 Å². The van der Waals surface area contributed by atoms with Crippen molar-refractivity contribution in [1.82, 2.24) is 24.7 Å². The molecule has 0 radical (unpaired) electrons. The minimum atomic E-state index is -0.982. The summed E-state index contributed by atoms with van der Waals surface area (Å²) in [5.74, 6) is 0.745. The summed E-state index contributed by atoms with van der Waals surface area (Å²) in [6.45, 7) is 1.64. The average Bonchev–Trinajstić information content (AvgIpc) is 3.41. The molecule has 3 fully saturated rings. The summed E-state index contributed by atoms with van der Waals surface area (Å²) in [7, 11) is 7.22. The molecule has 4 heterocycles. The summed E-state index contributed by atoms with van der Waals surface area (Å²) in [5, 5.41) is 3.63. The number of hydrogen-bond donors (Lipinski definition) is 1. The number of aromatic nitrogens is 2. The number of imide groups is 2. The number of amides is 4. The molecule has 57 heavy (non-hydrogen) atoms. The highest BCUT2D eigenvalue weighted by molar-refractivity contribution is 6.23. The van der Waals surface area contributed by atoms with Gasteiger partial charge in [-0.25, -0.2) is 0 Å². The fourth-order valence-corrected chi connectivity index (χ4v) is 9.59. The van der Waals surface area contributed by atoms with Gasteiger partial charge < -0.3 is 23.7 Å². The summed E-state index contributed by atoms with van der Waals surface area (Å²) in [6, 6.07) is 9.87. The monoisotopic (exact) mass is 775 g/mol. The van der Waals surface area contributed by atoms with E-state index >= 15 is 0 Å². The first-order valence-corrected chi connectivity index (χ1v) is 19.9. The smallest absolute Gasteiger partial charge is 0.262 e. The number of aryl methyl sites for hydroxylation is 1. The highest BCUT2D eigenvalue weighted by Gasteiger charge is 2.53. The van der Waals surface area contributed by atoms with Crippen LogP contribution in [0.1, 0.15) is 90.5 Å². The van der Waals surface area contributed by atoms with Crippen LogP contribution in [0, 0.1) is 11.3 Å². The Balaban J connectivity index is 0.771. The van der Waals surface area contributed by atoms with Crippen molar-refractivity contribution >= 4 is 34.4 Å². The lowest BCUT2D eigenvalue weighted by Crippen LogP contribution is -2.54. The lowest BCUT2D eigenvalue weighted by molar-refractivity contribution is -0.136. The van der Waals surface area contributed by atoms with Crippen molar-refractivity contribution in [2.24, 2.45) is 18.4 Å². The molecule has 2 aliphatic heterocycles. The van der Waals surface area contributed by atoms with Gasteiger partial charge >= 0.3 is 0 Å². The summed E-state index contributed by atoms with van der Waals surface area (Å²) in [6.07, 6.45) is 14.6. The Labute approximate surface area is 331 Å². The van der Waals surface area contributed by atoms with Crippen molar-refractivity contribution in [2.45, 2.75) is 82.9 Å². The largest absolute Gasteiger partial charge is 0.496 e. The molecule has 4 amide bonds. The standard InChI is InChI=1S/C44H49N5O8/c1-47(24-35-37(55-3)16-27(17-38(35)56-4)34-25-48(2)41(52)33-23-45-14-13-30(33)34)15-7-5-6-8-26-19-44(20-26)21-29(22-44)57-28-9-10-31-32(18-28)43(54)49(42(31)53)36-11-12-39(50)46-40(36)51/h9-10,13-14,16-18,23,25-26,29,36H,5-8,11-12,15,19-22,24H2,1-4H3,(H,46,50,51). The number of benzene rings is 2. The van der Waals surface area contributed by atoms with Gasteiger partial charge in [0.15, 0.2) is 0 Å². The number of hydrogen-bond acceptors (Lipinski definition) is 10. The molecule has 8 rings (SSSR count). The van der Waals surface area contributed by atoms with Crippen molar-refractivity contribution in [1.29, 1.82) is 0 Å². The molecule has 1 spiro atoms. The van der Waals surface area contributed by atoms with Crippen LogP contribution in [0.4, 0.5) is 0 Å². The van der Waals surface area contributed by atoms with E-state index in [2.05, 4.69) is 22.2 Å². The van der Waals surface area contributed by atoms with Gasteiger partial charge in [-0.15, -0.1) is 0 Å². The van der Waals surface area contributed by atoms with Crippen LogP contribution < -0.4 is 25.1 Å². The van der Waals surface area contributed by atoms with E-state index in [-0.39, 0.29) is 35.6 Å². The second-order valence-corrected chi connectivity index (χ2v) is 16.4. The molecular formula is C44H49N5O8. The predicted octanol–water partition coefficient (Wildman–Crippen LogP) is 5.65. The Morgan fingerprint density at radius 3 is 2.33 bits per heavy atom. The van der Waals surface area contributed by atoms with Crippen LogP contribution >= 0.6 is 0 Å². The third kappa shape index (κ3) is 7.29. The molecule has 1 N–H and O–H groups in total. The maximum absolute atomic E-state index is 13.2. The van der Waals surface area contributed by atoms with Crippen LogP contribution in [-0.4, -0.2) is 82.9 Å². The average molecular weight is 776 g/mol. The van der Waals surface area contributed by atoms with Crippen molar-refractivity contribution in [3.8, 4) is 28.4 Å². The van der Waals surface area contributed by atoms with Crippen molar-refractivity contribution in [3.63, 3.8) is 0 Å². The second kappa shape index (κ2) is 15.4. The molecule has 0 bridgehead atoms. The molecule has 13 nitrogen and oxygen atoms in total. The number of nitrogens with zero attached hydrogens (tertiary/aromatic N) is 4. The number of pyridine rings is 2. The molecule has 2 aliphatic carbocycles. The summed E-state index contributed by atoms with van der Waals surface area (Å²) >= 11 is 0. The third-order valence-corrected chi connectivity index (χ3v) is 12.5. The van der Waals surface area contributed by atoms with Crippen molar-refractivity contribution in [3.05, 3.63) is 82.0 Å². The number of ether oxygens (including phenoxy) is 3. The highest BCUT2D eigenvalue weighted by Crippen LogP contribution is 2.60. The van der Waals surface area contributed by atoms with Gasteiger partial charge in [-0.3, -0.25) is 39.2 Å². The third-order valence-electron chi connectivity index (χ3n) is 12.5. The van der Waals surface area contributed by atoms with Crippen LogP contribution in [0.5, 0.6) is 17.2 Å². The van der Waals surface area contributed by atoms with Crippen LogP contribution in [0.15, 0.2) is 59.8 Å². The summed E-state index contributed by atoms with van der Waals surface area (Å²) < 4.78 is 19.6. The maximum Gasteiger partial charge on any atom is 0.262 e. The van der Waals surface area contributed by atoms with E-state index in [1.54, 1.807) is 56.4 Å². The number of methoxy groups -OCH3 is 2. The van der Waals surface area contributed by atoms with Gasteiger partial charge in [0.2, 0.25) is 11.8 Å². The van der Waals surface area contributed by atoms with Gasteiger partial charge in [-0.05, 0) is 111 Å². The summed E-state index contributed by atoms with van der Waals surface area (Å²) in [4.78, 5) is 70.4. The molecular weight excluding hydrogens is 727 g/mol. The first-order valence-electron chi connectivity index (χ1n) is 19.9. The Morgan fingerprint density at radius 1 is 0.877 bits per heavy atom. The number of nitrogens with one attached hydrogen (secondary N) is 1. The lowest BCUT2D eigenvalue weighted by atomic mass is 9.50. The van der Waals surface area contributed by atoms with E-state index in [1.807, 2.05) is 24.4 Å². The van der Waals surface area contributed by atoms with Gasteiger partial charge in [-0.2, -0.15) is 0 Å². The molecule has 1 saturated heterocycles. The Hall–Kier alpha value is -5.56. The fourth-order valence-electron chi connectivity index (χ4n) is 9.59. The Morgan fingerprint density at radius 2 is 1.61 bits per heavy atom. The molecule has 298 valence electrons. The molecule has 1 unspecified atom stereocenters. The molecule has 2 saturated carbocycles. The first kappa shape index (κ1) is 38.3. The molecule has 2 aromatic heterocycles. The quantitative estimate of drug-likeness (QED) is 0.126. The minimum absolute atomic E-state index is 0.0810. The fraction of sp³-hybridized carbons (Fsp3) is 0.455. The Kier molecular flexibility index (Phi) is 10.4. The van der Waals surface area contributed by atoms with E-state index in [9.17, 15) is 24.0 Å². The Bertz CT molecular complexity index is 2300. The van der Waals surface area contributed by atoms with Crippen molar-refractivity contribution < 1.29 is 33.4 Å². The molecule has 2 aromatic carbocycles. The predicted molar refractivity (Wildman–Crippen MR) is 212 cm³/mol. The zero-order chi connectivity index (χ0) is 40.0. The van der Waals surface area contributed by atoms with E-state index in [0.29, 0.717) is 23.1 Å². The number of unbranched alkanes of at least 4 members (excludes halogenated alkanes) is 2. The van der Waals surface area contributed by atoms with Gasteiger partial charge in [0.1, 0.15) is 23.3 Å². The van der Waals surface area contributed by atoms with Crippen LogP contribution in [-0.2, 0) is 23.2 Å². The van der Waals surface area contributed by atoms with E-state index in [0.717, 1.165) is 70.2 Å². The van der Waals surface area contributed by atoms with Crippen LogP contribution in [0.2, 0.25) is 0 Å². The second-order valence-electron chi connectivity index (χ2n) is 16.4. The number of fused-ring (bicyclic) bond motifs is 2. The van der Waals surface area contributed by atoms with E-state index < -0.39 is 29.7 Å². The van der Waals surface area contributed by atoms with Gasteiger partial charge in [0.25, 0.3) is 17.4 Å². The SMILES string of the molecule is COc1cc(-c2cn(C)c(=O)c3cnccc23)cc(OC)c1CN(C)CCCCCC1CC2(C1)CC(Oc1ccc3c(c1)C(=O)N(C1CCC(=O)NC1=O)C3=O)C2. The van der Waals surface area contributed by atoms with Crippen LogP contribution in [0.3, 0.4) is 0 Å². The normalized spacial score (nSPS) is 22.8. The molecule has 13 heteroatoms. The van der Waals surface area contributed by atoms with Gasteiger partial charge in [0, 0.05) is 44.2 Å². The van der Waals surface area contributed by atoms with Crippen LogP contribution in [0.25, 0.3) is 21.9 Å². The zero-order valence-corrected chi connectivity index (χ0v) is 33.0. The molecule has 4 aliphatic rings. The van der Waals surface area contributed by atoms with Crippen molar-refractivity contribution in [2.75, 3.05) is 27.8 Å². The number of carbonyl (C=O) groups is 4. The van der Waals surface area contributed by atoms with E-state index in [4.69, 9.17) is 14.2 Å². The molecule has 1 atom stereocenters. The number of carbonyl (C=O) groups excluding carboxylic acids is 4.